The summed E-state index contributed by atoms with van der Waals surface area (Å²) in [6, 6.07) is 9.61. The van der Waals surface area contributed by atoms with E-state index in [-0.39, 0.29) is 5.69 Å². The van der Waals surface area contributed by atoms with Gasteiger partial charge in [0.05, 0.1) is 11.2 Å². The van der Waals surface area contributed by atoms with Crippen molar-refractivity contribution in [2.24, 2.45) is 0 Å². The highest BCUT2D eigenvalue weighted by molar-refractivity contribution is 5.85. The van der Waals surface area contributed by atoms with Crippen molar-refractivity contribution in [2.75, 3.05) is 17.2 Å². The van der Waals surface area contributed by atoms with Gasteiger partial charge in [0.1, 0.15) is 5.82 Å². The van der Waals surface area contributed by atoms with Gasteiger partial charge in [-0.3, -0.25) is 0 Å². The molecule has 0 radical (unpaired) electrons. The van der Waals surface area contributed by atoms with Crippen LogP contribution in [0.15, 0.2) is 36.5 Å². The lowest BCUT2D eigenvalue weighted by Crippen LogP contribution is -2.27. The van der Waals surface area contributed by atoms with Crippen LogP contribution in [0.1, 0.15) is 36.3 Å². The zero-order chi connectivity index (χ0) is 18.8. The van der Waals surface area contributed by atoms with Gasteiger partial charge in [-0.1, -0.05) is 12.1 Å². The van der Waals surface area contributed by atoms with Crippen molar-refractivity contribution in [2.45, 2.75) is 31.6 Å². The third-order valence-corrected chi connectivity index (χ3v) is 5.88. The van der Waals surface area contributed by atoms with E-state index in [0.29, 0.717) is 23.0 Å². The normalized spacial score (nSPS) is 16.7. The first kappa shape index (κ1) is 15.8. The molecule has 0 atom stereocenters. The number of halogens is 1. The Balaban J connectivity index is 1.59. The summed E-state index contributed by atoms with van der Waals surface area (Å²) in [5.41, 5.74) is 10.8. The zero-order valence-corrected chi connectivity index (χ0v) is 15.3. The molecule has 0 amide bonds. The van der Waals surface area contributed by atoms with E-state index >= 15 is 0 Å². The Bertz CT molecular complexity index is 1240. The van der Waals surface area contributed by atoms with Gasteiger partial charge < -0.3 is 10.6 Å². The van der Waals surface area contributed by atoms with Crippen molar-refractivity contribution < 1.29 is 4.39 Å². The van der Waals surface area contributed by atoms with Gasteiger partial charge in [-0.2, -0.15) is 0 Å². The molecule has 3 heterocycles. The summed E-state index contributed by atoms with van der Waals surface area (Å²) < 4.78 is 15.8. The summed E-state index contributed by atoms with van der Waals surface area (Å²) in [6.07, 6.45) is 6.32. The average Bonchev–Trinajstić information content (AvgIpc) is 3.47. The molecule has 2 aliphatic rings. The van der Waals surface area contributed by atoms with Crippen LogP contribution in [0.4, 0.5) is 21.7 Å². The van der Waals surface area contributed by atoms with Gasteiger partial charge in [-0.05, 0) is 60.9 Å². The molecule has 1 aliphatic heterocycles. The van der Waals surface area contributed by atoms with Crippen LogP contribution in [0, 0.1) is 5.82 Å². The number of benzene rings is 2. The van der Waals surface area contributed by atoms with Crippen LogP contribution in [-0.2, 0) is 6.42 Å². The fourth-order valence-corrected chi connectivity index (χ4v) is 4.40. The quantitative estimate of drug-likeness (QED) is 0.538. The molecular weight excluding hydrogens is 355 g/mol. The maximum Gasteiger partial charge on any atom is 0.256 e. The molecule has 6 rings (SSSR count). The summed E-state index contributed by atoms with van der Waals surface area (Å²) in [4.78, 5) is 6.58. The second kappa shape index (κ2) is 5.64. The Labute approximate surface area is 160 Å². The highest BCUT2D eigenvalue weighted by Gasteiger charge is 2.31. The Morgan fingerprint density at radius 2 is 2.04 bits per heavy atom. The number of fused-ring (bicyclic) bond motifs is 4. The molecule has 1 fully saturated rings. The van der Waals surface area contributed by atoms with Gasteiger partial charge in [-0.15, -0.1) is 10.2 Å². The lowest BCUT2D eigenvalue weighted by atomic mass is 9.94. The summed E-state index contributed by atoms with van der Waals surface area (Å²) in [5.74, 6) is 1.45. The minimum absolute atomic E-state index is 0.106. The number of hydrogen-bond acceptors (Lipinski definition) is 5. The fraction of sp³-hybridized carbons (Fsp3) is 0.286. The fourth-order valence-electron chi connectivity index (χ4n) is 4.40. The predicted molar refractivity (Wildman–Crippen MR) is 106 cm³/mol. The highest BCUT2D eigenvalue weighted by Crippen LogP contribution is 2.46. The standard InChI is InChI=1S/C21H19FN6/c22-16-9-13-11-24-20-25-26-21(28(20)19(13)10-17(16)23)27-8-2-4-15-14(12-6-7-12)3-1-5-18(15)27/h1,3,5,9-12H,2,4,6-8,23H2. The van der Waals surface area contributed by atoms with E-state index in [1.54, 1.807) is 12.3 Å². The number of nitrogens with zero attached hydrogens (tertiary/aromatic N) is 5. The minimum atomic E-state index is -0.444. The lowest BCUT2D eigenvalue weighted by molar-refractivity contribution is 0.634. The van der Waals surface area contributed by atoms with Crippen molar-refractivity contribution in [1.29, 1.82) is 0 Å². The summed E-state index contributed by atoms with van der Waals surface area (Å²) >= 11 is 0. The van der Waals surface area contributed by atoms with Gasteiger partial charge in [0, 0.05) is 23.8 Å². The van der Waals surface area contributed by atoms with Crippen molar-refractivity contribution in [3.05, 3.63) is 53.5 Å². The molecule has 2 N–H and O–H groups in total. The van der Waals surface area contributed by atoms with Crippen molar-refractivity contribution >= 4 is 34.0 Å². The number of rotatable bonds is 2. The van der Waals surface area contributed by atoms with Crippen LogP contribution < -0.4 is 10.6 Å². The Kier molecular flexibility index (Phi) is 3.18. The van der Waals surface area contributed by atoms with Crippen LogP contribution in [0.25, 0.3) is 16.7 Å². The first-order chi connectivity index (χ1) is 13.7. The predicted octanol–water partition coefficient (Wildman–Crippen LogP) is 3.96. The lowest BCUT2D eigenvalue weighted by Gasteiger charge is -2.31. The molecule has 28 heavy (non-hydrogen) atoms. The monoisotopic (exact) mass is 374 g/mol. The third-order valence-electron chi connectivity index (χ3n) is 5.88. The highest BCUT2D eigenvalue weighted by atomic mass is 19.1. The summed E-state index contributed by atoms with van der Waals surface area (Å²) in [6.45, 7) is 0.856. The number of nitrogens with two attached hydrogens (primary N) is 1. The second-order valence-corrected chi connectivity index (χ2v) is 7.70. The molecule has 0 saturated heterocycles. The van der Waals surface area contributed by atoms with Crippen molar-refractivity contribution in [1.82, 2.24) is 19.6 Å². The Morgan fingerprint density at radius 1 is 1.14 bits per heavy atom. The molecule has 140 valence electrons. The molecule has 1 saturated carbocycles. The number of anilines is 3. The van der Waals surface area contributed by atoms with E-state index in [9.17, 15) is 4.39 Å². The summed E-state index contributed by atoms with van der Waals surface area (Å²) in [5, 5.41) is 9.39. The average molecular weight is 374 g/mol. The van der Waals surface area contributed by atoms with Crippen LogP contribution >= 0.6 is 0 Å². The smallest absolute Gasteiger partial charge is 0.256 e. The van der Waals surface area contributed by atoms with Crippen LogP contribution in [0.5, 0.6) is 0 Å². The molecular formula is C21H19FN6. The topological polar surface area (TPSA) is 72.3 Å². The van der Waals surface area contributed by atoms with Crippen LogP contribution in [0.3, 0.4) is 0 Å². The molecule has 1 aliphatic carbocycles. The largest absolute Gasteiger partial charge is 0.396 e. The minimum Gasteiger partial charge on any atom is -0.396 e. The SMILES string of the molecule is Nc1cc2c(cnc3nnc(N4CCCc5c(C6CC6)cccc54)n32)cc1F. The number of aromatic nitrogens is 4. The van der Waals surface area contributed by atoms with E-state index in [4.69, 9.17) is 5.73 Å². The molecule has 0 spiro atoms. The molecule has 0 bridgehead atoms. The van der Waals surface area contributed by atoms with E-state index < -0.39 is 5.82 Å². The van der Waals surface area contributed by atoms with Gasteiger partial charge >= 0.3 is 0 Å². The molecule has 2 aromatic carbocycles. The maximum atomic E-state index is 13.9. The van der Waals surface area contributed by atoms with E-state index in [1.807, 2.05) is 4.40 Å². The summed E-state index contributed by atoms with van der Waals surface area (Å²) in [7, 11) is 0. The third kappa shape index (κ3) is 2.22. The van der Waals surface area contributed by atoms with Gasteiger partial charge in [-0.25, -0.2) is 13.8 Å². The maximum absolute atomic E-state index is 13.9. The van der Waals surface area contributed by atoms with E-state index in [2.05, 4.69) is 38.3 Å². The van der Waals surface area contributed by atoms with Crippen molar-refractivity contribution in [3.63, 3.8) is 0 Å². The van der Waals surface area contributed by atoms with E-state index in [0.717, 1.165) is 24.9 Å². The van der Waals surface area contributed by atoms with Crippen LogP contribution in [0.2, 0.25) is 0 Å². The van der Waals surface area contributed by atoms with Gasteiger partial charge in [0.2, 0.25) is 5.95 Å². The first-order valence-electron chi connectivity index (χ1n) is 9.69. The van der Waals surface area contributed by atoms with Crippen LogP contribution in [-0.4, -0.2) is 26.1 Å². The second-order valence-electron chi connectivity index (χ2n) is 7.70. The number of nitrogen functional groups attached to an aromatic ring is 1. The zero-order valence-electron chi connectivity index (χ0n) is 15.3. The van der Waals surface area contributed by atoms with Gasteiger partial charge in [0.25, 0.3) is 5.78 Å². The first-order valence-corrected chi connectivity index (χ1v) is 9.69. The Morgan fingerprint density at radius 3 is 2.89 bits per heavy atom. The van der Waals surface area contributed by atoms with E-state index in [1.165, 1.54) is 35.7 Å². The molecule has 7 heteroatoms. The number of hydrogen-bond donors (Lipinski definition) is 1. The molecule has 0 unspecified atom stereocenters. The molecule has 6 nitrogen and oxygen atoms in total. The Hall–Kier alpha value is -3.22. The van der Waals surface area contributed by atoms with Gasteiger partial charge in [0.15, 0.2) is 0 Å². The molecule has 2 aromatic heterocycles. The van der Waals surface area contributed by atoms with Crippen molar-refractivity contribution in [3.8, 4) is 0 Å². The molecule has 4 aromatic rings.